The van der Waals surface area contributed by atoms with Crippen LogP contribution < -0.4 is 5.32 Å². The topological polar surface area (TPSA) is 58.6 Å². The van der Waals surface area contributed by atoms with Crippen LogP contribution in [0.3, 0.4) is 0 Å². The second-order valence-corrected chi connectivity index (χ2v) is 5.82. The molecule has 4 heteroatoms. The number of hydrogen-bond donors (Lipinski definition) is 2. The standard InChI is InChI=1S/C15H31NO3/c1-5-10-16-15(4,14(17)18)9-6-7-11-19-12-8-13(2)3/h13,16H,5-12H2,1-4H3,(H,17,18). The van der Waals surface area contributed by atoms with Gasteiger partial charge in [-0.2, -0.15) is 0 Å². The molecule has 0 bridgehead atoms. The minimum absolute atomic E-state index is 0.649. The summed E-state index contributed by atoms with van der Waals surface area (Å²) in [6.45, 7) is 10.5. The van der Waals surface area contributed by atoms with Crippen molar-refractivity contribution < 1.29 is 14.6 Å². The van der Waals surface area contributed by atoms with Crippen molar-refractivity contribution >= 4 is 5.97 Å². The van der Waals surface area contributed by atoms with Gasteiger partial charge in [0.1, 0.15) is 5.54 Å². The molecule has 0 radical (unpaired) electrons. The molecule has 0 aliphatic rings. The third kappa shape index (κ3) is 9.00. The second kappa shape index (κ2) is 10.2. The first-order valence-electron chi connectivity index (χ1n) is 7.48. The van der Waals surface area contributed by atoms with Gasteiger partial charge in [-0.15, -0.1) is 0 Å². The monoisotopic (exact) mass is 273 g/mol. The molecule has 19 heavy (non-hydrogen) atoms. The highest BCUT2D eigenvalue weighted by Gasteiger charge is 2.31. The van der Waals surface area contributed by atoms with Crippen LogP contribution in [0.5, 0.6) is 0 Å². The van der Waals surface area contributed by atoms with Gasteiger partial charge in [0.05, 0.1) is 0 Å². The molecular formula is C15H31NO3. The van der Waals surface area contributed by atoms with E-state index in [2.05, 4.69) is 19.2 Å². The molecule has 0 rings (SSSR count). The number of carboxylic acid groups (broad SMARTS) is 1. The van der Waals surface area contributed by atoms with E-state index in [0.29, 0.717) is 12.3 Å². The maximum absolute atomic E-state index is 11.3. The maximum atomic E-state index is 11.3. The lowest BCUT2D eigenvalue weighted by atomic mass is 9.95. The molecule has 0 aromatic heterocycles. The van der Waals surface area contributed by atoms with Gasteiger partial charge in [-0.1, -0.05) is 20.8 Å². The summed E-state index contributed by atoms with van der Waals surface area (Å²) in [5.74, 6) is -0.0878. The Morgan fingerprint density at radius 3 is 2.53 bits per heavy atom. The number of carboxylic acids is 1. The van der Waals surface area contributed by atoms with E-state index in [0.717, 1.165) is 45.4 Å². The molecule has 1 unspecified atom stereocenters. The van der Waals surface area contributed by atoms with Gasteiger partial charge in [0.15, 0.2) is 0 Å². The Labute approximate surface area is 117 Å². The lowest BCUT2D eigenvalue weighted by Gasteiger charge is -2.26. The number of carbonyl (C=O) groups is 1. The van der Waals surface area contributed by atoms with E-state index in [1.165, 1.54) is 0 Å². The minimum atomic E-state index is -0.798. The fraction of sp³-hybridized carbons (Fsp3) is 0.933. The lowest BCUT2D eigenvalue weighted by Crippen LogP contribution is -2.49. The van der Waals surface area contributed by atoms with Gasteiger partial charge in [-0.25, -0.2) is 0 Å². The fourth-order valence-electron chi connectivity index (χ4n) is 1.78. The summed E-state index contributed by atoms with van der Waals surface area (Å²) in [6, 6.07) is 0. The van der Waals surface area contributed by atoms with E-state index < -0.39 is 11.5 Å². The number of rotatable bonds is 12. The van der Waals surface area contributed by atoms with Gasteiger partial charge in [-0.05, 0) is 51.5 Å². The molecule has 0 aliphatic heterocycles. The molecule has 0 aromatic rings. The SMILES string of the molecule is CCCNC(C)(CCCCOCCC(C)C)C(=O)O. The Kier molecular flexibility index (Phi) is 9.88. The Hall–Kier alpha value is -0.610. The summed E-state index contributed by atoms with van der Waals surface area (Å²) in [4.78, 5) is 11.3. The van der Waals surface area contributed by atoms with E-state index >= 15 is 0 Å². The van der Waals surface area contributed by atoms with Crippen LogP contribution in [0.4, 0.5) is 0 Å². The first kappa shape index (κ1) is 18.4. The fourth-order valence-corrected chi connectivity index (χ4v) is 1.78. The molecular weight excluding hydrogens is 242 g/mol. The summed E-state index contributed by atoms with van der Waals surface area (Å²) < 4.78 is 5.53. The van der Waals surface area contributed by atoms with Crippen molar-refractivity contribution in [3.8, 4) is 0 Å². The lowest BCUT2D eigenvalue weighted by molar-refractivity contribution is -0.144. The largest absolute Gasteiger partial charge is 0.480 e. The van der Waals surface area contributed by atoms with Crippen molar-refractivity contribution in [1.82, 2.24) is 5.32 Å². The first-order valence-corrected chi connectivity index (χ1v) is 7.48. The van der Waals surface area contributed by atoms with Gasteiger partial charge < -0.3 is 15.2 Å². The third-order valence-corrected chi connectivity index (χ3v) is 3.29. The summed E-state index contributed by atoms with van der Waals surface area (Å²) in [5, 5.41) is 12.4. The normalized spacial score (nSPS) is 14.6. The van der Waals surface area contributed by atoms with Crippen LogP contribution >= 0.6 is 0 Å². The Morgan fingerprint density at radius 1 is 1.32 bits per heavy atom. The van der Waals surface area contributed by atoms with Crippen molar-refractivity contribution in [3.63, 3.8) is 0 Å². The molecule has 0 aromatic carbocycles. The van der Waals surface area contributed by atoms with Crippen LogP contribution in [0.2, 0.25) is 0 Å². The van der Waals surface area contributed by atoms with Crippen LogP contribution in [0.25, 0.3) is 0 Å². The zero-order valence-electron chi connectivity index (χ0n) is 13.0. The first-order chi connectivity index (χ1) is 8.92. The summed E-state index contributed by atoms with van der Waals surface area (Å²) in [7, 11) is 0. The summed E-state index contributed by atoms with van der Waals surface area (Å²) in [5.41, 5.74) is -0.798. The molecule has 0 heterocycles. The van der Waals surface area contributed by atoms with Crippen molar-refractivity contribution in [2.75, 3.05) is 19.8 Å². The zero-order valence-corrected chi connectivity index (χ0v) is 13.0. The highest BCUT2D eigenvalue weighted by Crippen LogP contribution is 2.14. The average molecular weight is 273 g/mol. The van der Waals surface area contributed by atoms with E-state index in [9.17, 15) is 9.90 Å². The van der Waals surface area contributed by atoms with Crippen LogP contribution in [-0.4, -0.2) is 36.4 Å². The van der Waals surface area contributed by atoms with Gasteiger partial charge in [0.2, 0.25) is 0 Å². The smallest absolute Gasteiger partial charge is 0.323 e. The molecule has 0 saturated carbocycles. The average Bonchev–Trinajstić information content (AvgIpc) is 2.34. The minimum Gasteiger partial charge on any atom is -0.480 e. The highest BCUT2D eigenvalue weighted by molar-refractivity contribution is 5.78. The van der Waals surface area contributed by atoms with Crippen LogP contribution in [0.1, 0.15) is 59.8 Å². The number of nitrogens with one attached hydrogen (secondary N) is 1. The van der Waals surface area contributed by atoms with Gasteiger partial charge in [-0.3, -0.25) is 4.79 Å². The number of ether oxygens (including phenoxy) is 1. The Bertz CT molecular complexity index is 244. The highest BCUT2D eigenvalue weighted by atomic mass is 16.5. The zero-order chi connectivity index (χ0) is 14.7. The maximum Gasteiger partial charge on any atom is 0.323 e. The summed E-state index contributed by atoms with van der Waals surface area (Å²) >= 11 is 0. The summed E-state index contributed by atoms with van der Waals surface area (Å²) in [6.07, 6.45) is 4.48. The van der Waals surface area contributed by atoms with E-state index in [1.54, 1.807) is 6.92 Å². The third-order valence-electron chi connectivity index (χ3n) is 3.29. The Morgan fingerprint density at radius 2 is 2.00 bits per heavy atom. The predicted molar refractivity (Wildman–Crippen MR) is 78.5 cm³/mol. The van der Waals surface area contributed by atoms with Crippen molar-refractivity contribution in [3.05, 3.63) is 0 Å². The van der Waals surface area contributed by atoms with Crippen LogP contribution in [0, 0.1) is 5.92 Å². The molecule has 0 fully saturated rings. The molecule has 0 aliphatic carbocycles. The van der Waals surface area contributed by atoms with Crippen molar-refractivity contribution in [2.24, 2.45) is 5.92 Å². The van der Waals surface area contributed by atoms with Gasteiger partial charge >= 0.3 is 5.97 Å². The molecule has 4 nitrogen and oxygen atoms in total. The number of aliphatic carboxylic acids is 1. The van der Waals surface area contributed by atoms with Crippen molar-refractivity contribution in [2.45, 2.75) is 65.3 Å². The van der Waals surface area contributed by atoms with E-state index in [-0.39, 0.29) is 0 Å². The molecule has 114 valence electrons. The Balaban J connectivity index is 3.73. The number of hydrogen-bond acceptors (Lipinski definition) is 3. The molecule has 0 saturated heterocycles. The van der Waals surface area contributed by atoms with Gasteiger partial charge in [0, 0.05) is 13.2 Å². The van der Waals surface area contributed by atoms with Crippen LogP contribution in [-0.2, 0) is 9.53 Å². The van der Waals surface area contributed by atoms with Gasteiger partial charge in [0.25, 0.3) is 0 Å². The molecule has 0 spiro atoms. The number of unbranched alkanes of at least 4 members (excludes halogenated alkanes) is 1. The van der Waals surface area contributed by atoms with E-state index in [1.807, 2.05) is 6.92 Å². The second-order valence-electron chi connectivity index (χ2n) is 5.82. The molecule has 1 atom stereocenters. The van der Waals surface area contributed by atoms with E-state index in [4.69, 9.17) is 4.74 Å². The van der Waals surface area contributed by atoms with Crippen LogP contribution in [0.15, 0.2) is 0 Å². The predicted octanol–water partition coefficient (Wildman–Crippen LogP) is 3.06. The molecule has 0 amide bonds. The van der Waals surface area contributed by atoms with Crippen molar-refractivity contribution in [1.29, 1.82) is 0 Å². The molecule has 2 N–H and O–H groups in total. The quantitative estimate of drug-likeness (QED) is 0.537.